The van der Waals surface area contributed by atoms with Crippen LogP contribution in [-0.4, -0.2) is 27.2 Å². The van der Waals surface area contributed by atoms with Gasteiger partial charge < -0.3 is 10.1 Å². The van der Waals surface area contributed by atoms with Crippen LogP contribution in [0.5, 0.6) is 0 Å². The molecule has 0 unspecified atom stereocenters. The van der Waals surface area contributed by atoms with Crippen LogP contribution in [0.2, 0.25) is 0 Å². The number of carbonyl (C=O) groups is 1. The van der Waals surface area contributed by atoms with Crippen molar-refractivity contribution >= 4 is 27.5 Å². The Bertz CT molecular complexity index is 1110. The third kappa shape index (κ3) is 4.82. The van der Waals surface area contributed by atoms with E-state index in [0.717, 1.165) is 23.3 Å². The van der Waals surface area contributed by atoms with E-state index in [1.807, 2.05) is 27.7 Å². The molecule has 1 aliphatic rings. The topological polar surface area (TPSA) is 106 Å². The van der Waals surface area contributed by atoms with Gasteiger partial charge in [-0.1, -0.05) is 0 Å². The number of nitrogens with one attached hydrogen (secondary N) is 1. The van der Waals surface area contributed by atoms with Crippen molar-refractivity contribution in [1.82, 2.24) is 14.5 Å². The molecule has 162 valence electrons. The molecule has 1 fully saturated rings. The number of hydrogen-bond donors (Lipinski definition) is 1. The fourth-order valence-corrected chi connectivity index (χ4v) is 4.69. The molecule has 2 aromatic heterocycles. The summed E-state index contributed by atoms with van der Waals surface area (Å²) < 4.78 is 8.32. The second-order valence-corrected chi connectivity index (χ2v) is 9.71. The van der Waals surface area contributed by atoms with Crippen molar-refractivity contribution in [1.29, 1.82) is 5.26 Å². The number of hydrogen-bond acceptors (Lipinski definition) is 7. The van der Waals surface area contributed by atoms with E-state index in [9.17, 15) is 14.4 Å². The molecular weight excluding hydrogens is 404 g/mol. The maximum atomic E-state index is 13.1. The standard InChI is InChI=1S/C21H28N4O4S/c1-13-15(11-23-12-16(26)29-21(2,3)4)30-19-17(13)18(27)25(14-7-8-14)20(28)24(19)10-6-5-9-22/h14,23H,5-8,10-12H2,1-4H3. The van der Waals surface area contributed by atoms with E-state index in [4.69, 9.17) is 10.00 Å². The second-order valence-electron chi connectivity index (χ2n) is 8.62. The highest BCUT2D eigenvalue weighted by Crippen LogP contribution is 2.34. The molecule has 0 spiro atoms. The van der Waals surface area contributed by atoms with E-state index in [-0.39, 0.29) is 29.8 Å². The molecule has 1 aliphatic carbocycles. The second kappa shape index (κ2) is 8.74. The fraction of sp³-hybridized carbons (Fsp3) is 0.619. The summed E-state index contributed by atoms with van der Waals surface area (Å²) in [4.78, 5) is 39.6. The lowest BCUT2D eigenvalue weighted by molar-refractivity contribution is -0.153. The smallest absolute Gasteiger partial charge is 0.332 e. The maximum absolute atomic E-state index is 13.1. The van der Waals surface area contributed by atoms with Crippen LogP contribution in [0.15, 0.2) is 9.59 Å². The van der Waals surface area contributed by atoms with Crippen molar-refractivity contribution in [2.24, 2.45) is 0 Å². The molecular formula is C21H28N4O4S. The van der Waals surface area contributed by atoms with Crippen molar-refractivity contribution in [3.8, 4) is 6.07 Å². The minimum absolute atomic E-state index is 0.0235. The van der Waals surface area contributed by atoms with E-state index in [2.05, 4.69) is 11.4 Å². The first-order valence-corrected chi connectivity index (χ1v) is 11.0. The van der Waals surface area contributed by atoms with Crippen LogP contribution in [0.1, 0.15) is 62.9 Å². The highest BCUT2D eigenvalue weighted by molar-refractivity contribution is 7.18. The molecule has 3 rings (SSSR count). The third-order valence-electron chi connectivity index (χ3n) is 4.90. The van der Waals surface area contributed by atoms with Gasteiger partial charge >= 0.3 is 11.7 Å². The Labute approximate surface area is 179 Å². The molecule has 2 heterocycles. The lowest BCUT2D eigenvalue weighted by atomic mass is 10.2. The number of aromatic nitrogens is 2. The van der Waals surface area contributed by atoms with Crippen LogP contribution in [0, 0.1) is 18.3 Å². The van der Waals surface area contributed by atoms with Crippen molar-refractivity contribution < 1.29 is 9.53 Å². The highest BCUT2D eigenvalue weighted by Gasteiger charge is 2.30. The zero-order chi connectivity index (χ0) is 22.1. The molecule has 30 heavy (non-hydrogen) atoms. The van der Waals surface area contributed by atoms with Crippen LogP contribution in [0.3, 0.4) is 0 Å². The predicted molar refractivity (Wildman–Crippen MR) is 116 cm³/mol. The molecule has 0 atom stereocenters. The maximum Gasteiger partial charge on any atom is 0.332 e. The summed E-state index contributed by atoms with van der Waals surface area (Å²) in [6, 6.07) is 2.08. The molecule has 0 amide bonds. The molecule has 1 saturated carbocycles. The molecule has 0 aromatic carbocycles. The fourth-order valence-electron chi connectivity index (χ4n) is 3.40. The van der Waals surface area contributed by atoms with Gasteiger partial charge in [0, 0.05) is 30.4 Å². The third-order valence-corrected chi connectivity index (χ3v) is 6.21. The van der Waals surface area contributed by atoms with Crippen LogP contribution in [0.25, 0.3) is 10.2 Å². The number of fused-ring (bicyclic) bond motifs is 1. The van der Waals surface area contributed by atoms with Gasteiger partial charge in [-0.3, -0.25) is 18.7 Å². The Hall–Kier alpha value is -2.44. The van der Waals surface area contributed by atoms with Gasteiger partial charge in [-0.2, -0.15) is 5.26 Å². The predicted octanol–water partition coefficient (Wildman–Crippen LogP) is 2.60. The average molecular weight is 433 g/mol. The average Bonchev–Trinajstić information content (AvgIpc) is 3.41. The Kier molecular flexibility index (Phi) is 6.48. The van der Waals surface area contributed by atoms with Crippen molar-refractivity contribution in [2.45, 2.75) is 78.1 Å². The van der Waals surface area contributed by atoms with Crippen LogP contribution >= 0.6 is 11.3 Å². The number of unbranched alkanes of at least 4 members (excludes halogenated alkanes) is 1. The van der Waals surface area contributed by atoms with E-state index in [1.54, 1.807) is 4.57 Å². The van der Waals surface area contributed by atoms with Gasteiger partial charge in [-0.25, -0.2) is 4.79 Å². The van der Waals surface area contributed by atoms with Crippen LogP contribution in [0.4, 0.5) is 0 Å². The number of rotatable bonds is 8. The Morgan fingerprint density at radius 3 is 2.63 bits per heavy atom. The number of nitriles is 1. The Morgan fingerprint density at radius 2 is 2.03 bits per heavy atom. The number of thiophene rings is 1. The summed E-state index contributed by atoms with van der Waals surface area (Å²) in [6.07, 6.45) is 2.58. The summed E-state index contributed by atoms with van der Waals surface area (Å²) in [6.45, 7) is 8.20. The number of carbonyl (C=O) groups excluding carboxylic acids is 1. The van der Waals surface area contributed by atoms with Gasteiger partial charge in [0.05, 0.1) is 18.0 Å². The molecule has 2 aromatic rings. The largest absolute Gasteiger partial charge is 0.459 e. The zero-order valence-electron chi connectivity index (χ0n) is 17.9. The van der Waals surface area contributed by atoms with Crippen molar-refractivity contribution in [3.05, 3.63) is 31.3 Å². The van der Waals surface area contributed by atoms with Crippen LogP contribution < -0.4 is 16.6 Å². The lowest BCUT2D eigenvalue weighted by Gasteiger charge is -2.19. The van der Waals surface area contributed by atoms with Gasteiger partial charge in [0.2, 0.25) is 0 Å². The van der Waals surface area contributed by atoms with Gasteiger partial charge in [0.1, 0.15) is 10.4 Å². The zero-order valence-corrected chi connectivity index (χ0v) is 18.7. The summed E-state index contributed by atoms with van der Waals surface area (Å²) in [5, 5.41) is 12.5. The van der Waals surface area contributed by atoms with Gasteiger partial charge in [0.25, 0.3) is 5.56 Å². The van der Waals surface area contributed by atoms with Crippen molar-refractivity contribution in [2.75, 3.05) is 6.54 Å². The Balaban J connectivity index is 1.91. The summed E-state index contributed by atoms with van der Waals surface area (Å²) in [5.74, 6) is -0.342. The number of ether oxygens (including phenoxy) is 1. The first-order valence-electron chi connectivity index (χ1n) is 10.2. The first-order chi connectivity index (χ1) is 14.1. The molecule has 0 radical (unpaired) electrons. The van der Waals surface area contributed by atoms with E-state index < -0.39 is 5.60 Å². The minimum Gasteiger partial charge on any atom is -0.459 e. The van der Waals surface area contributed by atoms with E-state index in [1.165, 1.54) is 15.9 Å². The quantitative estimate of drug-likeness (QED) is 0.508. The van der Waals surface area contributed by atoms with Gasteiger partial charge in [-0.15, -0.1) is 11.3 Å². The minimum atomic E-state index is -0.542. The highest BCUT2D eigenvalue weighted by atomic mass is 32.1. The number of aryl methyl sites for hydroxylation is 2. The van der Waals surface area contributed by atoms with Crippen molar-refractivity contribution in [3.63, 3.8) is 0 Å². The molecule has 8 nitrogen and oxygen atoms in total. The molecule has 0 aliphatic heterocycles. The monoisotopic (exact) mass is 432 g/mol. The Morgan fingerprint density at radius 1 is 1.33 bits per heavy atom. The molecule has 1 N–H and O–H groups in total. The lowest BCUT2D eigenvalue weighted by Crippen LogP contribution is -2.39. The molecule has 0 saturated heterocycles. The number of esters is 1. The van der Waals surface area contributed by atoms with E-state index in [0.29, 0.717) is 36.1 Å². The van der Waals surface area contributed by atoms with Gasteiger partial charge in [-0.05, 0) is 52.5 Å². The van der Waals surface area contributed by atoms with Gasteiger partial charge in [0.15, 0.2) is 0 Å². The summed E-state index contributed by atoms with van der Waals surface area (Å²) in [5.41, 5.74) is -0.233. The normalized spacial score (nSPS) is 14.1. The van der Waals surface area contributed by atoms with Crippen LogP contribution in [-0.2, 0) is 22.6 Å². The summed E-state index contributed by atoms with van der Waals surface area (Å²) in [7, 11) is 0. The first kappa shape index (κ1) is 22.2. The van der Waals surface area contributed by atoms with E-state index >= 15 is 0 Å². The molecule has 9 heteroatoms. The SMILES string of the molecule is Cc1c(CNCC(=O)OC(C)(C)C)sc2c1c(=O)n(C1CC1)c(=O)n2CCCC#N. The summed E-state index contributed by atoms with van der Waals surface area (Å²) >= 11 is 1.39. The molecule has 0 bridgehead atoms. The number of nitrogens with zero attached hydrogens (tertiary/aromatic N) is 3.